The number of likely N-dealkylation sites (N-methyl/N-ethyl adjacent to an activating group) is 1. The molecular formula is C28H34N2O3. The van der Waals surface area contributed by atoms with Gasteiger partial charge in [0.25, 0.3) is 5.91 Å². The Hall–Kier alpha value is -2.92. The van der Waals surface area contributed by atoms with E-state index in [9.17, 15) is 9.59 Å². The molecule has 1 atom stereocenters. The Kier molecular flexibility index (Phi) is 6.44. The fourth-order valence-corrected chi connectivity index (χ4v) is 4.70. The first-order valence-electron chi connectivity index (χ1n) is 12.0. The first kappa shape index (κ1) is 23.2. The molecule has 1 aliphatic heterocycles. The van der Waals surface area contributed by atoms with Crippen LogP contribution in [0.4, 0.5) is 0 Å². The Labute approximate surface area is 196 Å². The quantitative estimate of drug-likeness (QED) is 0.486. The number of fused-ring (bicyclic) bond motifs is 2. The van der Waals surface area contributed by atoms with Gasteiger partial charge in [0.05, 0.1) is 17.0 Å². The maximum Gasteiger partial charge on any atom is 0.290 e. The van der Waals surface area contributed by atoms with Crippen LogP contribution in [0.3, 0.4) is 0 Å². The lowest BCUT2D eigenvalue weighted by Gasteiger charge is -2.28. The molecule has 0 saturated carbocycles. The zero-order chi connectivity index (χ0) is 23.9. The molecule has 174 valence electrons. The largest absolute Gasteiger partial charge is 0.450 e. The average molecular weight is 447 g/mol. The summed E-state index contributed by atoms with van der Waals surface area (Å²) < 4.78 is 6.13. The molecule has 1 amide bonds. The van der Waals surface area contributed by atoms with Crippen LogP contribution in [0.15, 0.2) is 45.6 Å². The van der Waals surface area contributed by atoms with Crippen LogP contribution in [-0.2, 0) is 0 Å². The van der Waals surface area contributed by atoms with Crippen molar-refractivity contribution in [3.8, 4) is 0 Å². The highest BCUT2D eigenvalue weighted by atomic mass is 16.3. The van der Waals surface area contributed by atoms with E-state index in [0.29, 0.717) is 29.0 Å². The molecule has 1 aromatic heterocycles. The van der Waals surface area contributed by atoms with Crippen molar-refractivity contribution in [1.82, 2.24) is 9.80 Å². The minimum atomic E-state index is -0.438. The summed E-state index contributed by atoms with van der Waals surface area (Å²) in [6.45, 7) is 15.6. The van der Waals surface area contributed by atoms with Crippen LogP contribution in [-0.4, -0.2) is 41.9 Å². The molecule has 0 N–H and O–H groups in total. The topological polar surface area (TPSA) is 53.8 Å². The molecule has 4 rings (SSSR count). The number of carbonyl (C=O) groups excluding carboxylic acids is 1. The Balaban J connectivity index is 1.88. The summed E-state index contributed by atoms with van der Waals surface area (Å²) in [5.74, 6) is 0.399. The van der Waals surface area contributed by atoms with Gasteiger partial charge in [-0.15, -0.1) is 0 Å². The Morgan fingerprint density at radius 1 is 1.00 bits per heavy atom. The highest BCUT2D eigenvalue weighted by Gasteiger charge is 2.42. The molecule has 0 aliphatic carbocycles. The lowest BCUT2D eigenvalue weighted by Crippen LogP contribution is -2.37. The van der Waals surface area contributed by atoms with Crippen LogP contribution >= 0.6 is 0 Å². The summed E-state index contributed by atoms with van der Waals surface area (Å²) in [6, 6.07) is 11.6. The van der Waals surface area contributed by atoms with Gasteiger partial charge in [-0.05, 0) is 67.2 Å². The van der Waals surface area contributed by atoms with E-state index in [4.69, 9.17) is 4.42 Å². The van der Waals surface area contributed by atoms with E-state index in [0.717, 1.165) is 36.3 Å². The predicted octanol–water partition coefficient (Wildman–Crippen LogP) is 5.42. The normalized spacial score (nSPS) is 15.8. The second-order valence-electron chi connectivity index (χ2n) is 9.36. The van der Waals surface area contributed by atoms with Crippen molar-refractivity contribution in [3.05, 3.63) is 80.2 Å². The highest BCUT2D eigenvalue weighted by molar-refractivity contribution is 5.99. The van der Waals surface area contributed by atoms with Crippen molar-refractivity contribution in [3.63, 3.8) is 0 Å². The highest BCUT2D eigenvalue weighted by Crippen LogP contribution is 2.38. The van der Waals surface area contributed by atoms with E-state index >= 15 is 0 Å². The summed E-state index contributed by atoms with van der Waals surface area (Å²) in [7, 11) is 0. The number of hydrogen-bond donors (Lipinski definition) is 0. The van der Waals surface area contributed by atoms with Crippen LogP contribution < -0.4 is 5.43 Å². The van der Waals surface area contributed by atoms with Crippen LogP contribution in [0.5, 0.6) is 0 Å². The third kappa shape index (κ3) is 4.10. The number of carbonyl (C=O) groups is 1. The molecule has 3 aromatic rings. The molecule has 0 radical (unpaired) electrons. The number of nitrogens with zero attached hydrogens (tertiary/aromatic N) is 2. The van der Waals surface area contributed by atoms with Crippen molar-refractivity contribution in [2.24, 2.45) is 0 Å². The molecule has 2 heterocycles. The van der Waals surface area contributed by atoms with Gasteiger partial charge in [-0.2, -0.15) is 0 Å². The monoisotopic (exact) mass is 446 g/mol. The van der Waals surface area contributed by atoms with Crippen LogP contribution in [0.25, 0.3) is 11.0 Å². The van der Waals surface area contributed by atoms with Gasteiger partial charge < -0.3 is 14.2 Å². The lowest BCUT2D eigenvalue weighted by molar-refractivity contribution is 0.0708. The van der Waals surface area contributed by atoms with Crippen molar-refractivity contribution in [2.75, 3.05) is 26.2 Å². The summed E-state index contributed by atoms with van der Waals surface area (Å²) in [4.78, 5) is 31.4. The van der Waals surface area contributed by atoms with E-state index in [2.05, 4.69) is 56.9 Å². The van der Waals surface area contributed by atoms with Gasteiger partial charge in [0.2, 0.25) is 5.76 Å². The molecule has 5 heteroatoms. The Morgan fingerprint density at radius 3 is 2.24 bits per heavy atom. The van der Waals surface area contributed by atoms with Crippen molar-refractivity contribution in [1.29, 1.82) is 0 Å². The zero-order valence-electron chi connectivity index (χ0n) is 20.6. The lowest BCUT2D eigenvalue weighted by atomic mass is 9.95. The van der Waals surface area contributed by atoms with Gasteiger partial charge >= 0.3 is 0 Å². The van der Waals surface area contributed by atoms with E-state index in [1.165, 1.54) is 5.56 Å². The minimum absolute atomic E-state index is 0.106. The number of rotatable bonds is 7. The summed E-state index contributed by atoms with van der Waals surface area (Å²) in [6.07, 6.45) is 0. The maximum absolute atomic E-state index is 13.7. The van der Waals surface area contributed by atoms with Gasteiger partial charge in [-0.3, -0.25) is 9.59 Å². The number of aryl methyl sites for hydroxylation is 2. The summed E-state index contributed by atoms with van der Waals surface area (Å²) >= 11 is 0. The predicted molar refractivity (Wildman–Crippen MR) is 133 cm³/mol. The second kappa shape index (κ2) is 9.14. The fraction of sp³-hybridized carbons (Fsp3) is 0.429. The van der Waals surface area contributed by atoms with Crippen LogP contribution in [0.2, 0.25) is 0 Å². The number of amides is 1. The molecule has 1 unspecified atom stereocenters. The average Bonchev–Trinajstić information content (AvgIpc) is 3.08. The van der Waals surface area contributed by atoms with E-state index in [-0.39, 0.29) is 17.1 Å². The SMILES string of the molecule is CCN(CC)CCN1C(=O)c2oc3cc(C)c(C)cc3c(=O)c2C1c1ccc(C(C)C)cc1. The van der Waals surface area contributed by atoms with E-state index < -0.39 is 6.04 Å². The first-order valence-corrected chi connectivity index (χ1v) is 12.0. The summed E-state index contributed by atoms with van der Waals surface area (Å²) in [5.41, 5.74) is 5.09. The first-order chi connectivity index (χ1) is 15.8. The molecule has 1 aliphatic rings. The Bertz CT molecular complexity index is 1240. The minimum Gasteiger partial charge on any atom is -0.450 e. The maximum atomic E-state index is 13.7. The summed E-state index contributed by atoms with van der Waals surface area (Å²) in [5, 5.41) is 0.541. The molecular weight excluding hydrogens is 412 g/mol. The van der Waals surface area contributed by atoms with Gasteiger partial charge in [-0.1, -0.05) is 52.0 Å². The molecule has 2 aromatic carbocycles. The van der Waals surface area contributed by atoms with Crippen molar-refractivity contribution in [2.45, 2.75) is 53.5 Å². The third-order valence-electron chi connectivity index (χ3n) is 7.05. The smallest absolute Gasteiger partial charge is 0.290 e. The zero-order valence-corrected chi connectivity index (χ0v) is 20.6. The number of benzene rings is 2. The number of hydrogen-bond acceptors (Lipinski definition) is 4. The molecule has 0 fully saturated rings. The van der Waals surface area contributed by atoms with Crippen molar-refractivity contribution >= 4 is 16.9 Å². The van der Waals surface area contributed by atoms with Gasteiger partial charge in [0.15, 0.2) is 5.43 Å². The second-order valence-corrected chi connectivity index (χ2v) is 9.36. The molecule has 0 bridgehead atoms. The van der Waals surface area contributed by atoms with E-state index in [1.54, 1.807) is 0 Å². The van der Waals surface area contributed by atoms with Gasteiger partial charge in [0.1, 0.15) is 5.58 Å². The van der Waals surface area contributed by atoms with Crippen LogP contribution in [0, 0.1) is 13.8 Å². The van der Waals surface area contributed by atoms with E-state index in [1.807, 2.05) is 30.9 Å². The molecule has 33 heavy (non-hydrogen) atoms. The fourth-order valence-electron chi connectivity index (χ4n) is 4.70. The van der Waals surface area contributed by atoms with Crippen LogP contribution in [0.1, 0.15) is 78.0 Å². The Morgan fingerprint density at radius 2 is 1.64 bits per heavy atom. The van der Waals surface area contributed by atoms with Gasteiger partial charge in [-0.25, -0.2) is 0 Å². The standard InChI is InChI=1S/C28H34N2O3/c1-7-29(8-2)13-14-30-25(21-11-9-20(10-12-21)17(3)4)24-26(31)22-15-18(5)19(6)16-23(22)33-27(24)28(30)32/h9-12,15-17,25H,7-8,13-14H2,1-6H3. The van der Waals surface area contributed by atoms with Gasteiger partial charge in [0, 0.05) is 13.1 Å². The molecule has 5 nitrogen and oxygen atoms in total. The molecule has 0 saturated heterocycles. The van der Waals surface area contributed by atoms with Crippen molar-refractivity contribution < 1.29 is 9.21 Å². The molecule has 0 spiro atoms. The third-order valence-corrected chi connectivity index (χ3v) is 7.05.